The Bertz CT molecular complexity index is 841. The number of H-pyrrole nitrogens is 1. The number of hydrogen-bond donors (Lipinski definition) is 2. The van der Waals surface area contributed by atoms with Gasteiger partial charge in [-0.2, -0.15) is 10.2 Å². The van der Waals surface area contributed by atoms with Gasteiger partial charge in [-0.25, -0.2) is 0 Å². The van der Waals surface area contributed by atoms with Gasteiger partial charge in [-0.15, -0.1) is 0 Å². The third kappa shape index (κ3) is 2.87. The van der Waals surface area contributed by atoms with Crippen LogP contribution in [0.15, 0.2) is 47.3 Å². The minimum Gasteiger partial charge on any atom is -0.458 e. The molecule has 1 aliphatic carbocycles. The van der Waals surface area contributed by atoms with Gasteiger partial charge in [0.25, 0.3) is 0 Å². The van der Waals surface area contributed by atoms with Gasteiger partial charge in [0, 0.05) is 31.7 Å². The first kappa shape index (κ1) is 15.8. The van der Waals surface area contributed by atoms with E-state index in [2.05, 4.69) is 20.2 Å². The summed E-state index contributed by atoms with van der Waals surface area (Å²) in [4.78, 5) is 2.45. The van der Waals surface area contributed by atoms with Crippen LogP contribution in [0.2, 0.25) is 0 Å². The van der Waals surface area contributed by atoms with E-state index in [1.165, 1.54) is 0 Å². The molecule has 7 nitrogen and oxygen atoms in total. The van der Waals surface area contributed by atoms with Crippen molar-refractivity contribution in [3.63, 3.8) is 0 Å². The minimum absolute atomic E-state index is 0.0989. The van der Waals surface area contributed by atoms with Crippen molar-refractivity contribution < 1.29 is 9.52 Å². The van der Waals surface area contributed by atoms with E-state index in [1.54, 1.807) is 12.4 Å². The summed E-state index contributed by atoms with van der Waals surface area (Å²) in [6.45, 7) is 2.88. The number of rotatable bonds is 4. The molecule has 2 fully saturated rings. The molecule has 4 atom stereocenters. The van der Waals surface area contributed by atoms with Gasteiger partial charge >= 0.3 is 0 Å². The third-order valence-electron chi connectivity index (χ3n) is 5.86. The van der Waals surface area contributed by atoms with Crippen molar-refractivity contribution in [1.82, 2.24) is 24.9 Å². The molecule has 1 aliphatic heterocycles. The summed E-state index contributed by atoms with van der Waals surface area (Å²) in [5.74, 6) is 2.95. The first-order valence-electron chi connectivity index (χ1n) is 9.24. The number of fused-ring (bicyclic) bond motifs is 1. The van der Waals surface area contributed by atoms with Gasteiger partial charge in [0.15, 0.2) is 5.76 Å². The van der Waals surface area contributed by atoms with Gasteiger partial charge < -0.3 is 9.52 Å². The number of aliphatic hydroxyl groups excluding tert-OH is 1. The standard InChI is InChI=1S/C19H23N5O2/c25-18-9-14-11-23(10-13(14)8-17(18)24-7-1-5-21-24)12-15-2-3-19(26-15)16-4-6-20-22-16/h1-7,13-14,17-18,25H,8-12H2,(H,20,22)/t13-,14+,17-,18-/m1/s1. The molecule has 1 saturated heterocycles. The highest BCUT2D eigenvalue weighted by molar-refractivity contribution is 5.51. The molecule has 2 aliphatic rings. The molecule has 0 amide bonds. The molecule has 0 spiro atoms. The maximum absolute atomic E-state index is 10.6. The van der Waals surface area contributed by atoms with Crippen LogP contribution in [0.3, 0.4) is 0 Å². The summed E-state index contributed by atoms with van der Waals surface area (Å²) in [6.07, 6.45) is 7.00. The number of nitrogens with zero attached hydrogens (tertiary/aromatic N) is 4. The average Bonchev–Trinajstić information content (AvgIpc) is 3.41. The number of aromatic nitrogens is 4. The number of hydrogen-bond acceptors (Lipinski definition) is 5. The van der Waals surface area contributed by atoms with E-state index in [0.29, 0.717) is 11.8 Å². The van der Waals surface area contributed by atoms with Crippen molar-refractivity contribution in [2.75, 3.05) is 13.1 Å². The van der Waals surface area contributed by atoms with Crippen LogP contribution in [0.4, 0.5) is 0 Å². The van der Waals surface area contributed by atoms with E-state index >= 15 is 0 Å². The smallest absolute Gasteiger partial charge is 0.152 e. The monoisotopic (exact) mass is 353 g/mol. The fourth-order valence-corrected chi connectivity index (χ4v) is 4.62. The summed E-state index contributed by atoms with van der Waals surface area (Å²) >= 11 is 0. The Labute approximate surface area is 151 Å². The molecular weight excluding hydrogens is 330 g/mol. The maximum Gasteiger partial charge on any atom is 0.152 e. The van der Waals surface area contributed by atoms with Crippen molar-refractivity contribution in [3.8, 4) is 11.5 Å². The maximum atomic E-state index is 10.6. The van der Waals surface area contributed by atoms with E-state index in [-0.39, 0.29) is 12.1 Å². The molecule has 0 radical (unpaired) electrons. The highest BCUT2D eigenvalue weighted by atomic mass is 16.3. The second kappa shape index (κ2) is 6.41. The second-order valence-corrected chi connectivity index (χ2v) is 7.54. The van der Waals surface area contributed by atoms with Gasteiger partial charge in [-0.1, -0.05) is 0 Å². The zero-order valence-electron chi connectivity index (χ0n) is 14.5. The predicted octanol–water partition coefficient (Wildman–Crippen LogP) is 2.31. The van der Waals surface area contributed by atoms with Crippen LogP contribution in [-0.4, -0.2) is 49.2 Å². The zero-order valence-corrected chi connectivity index (χ0v) is 14.5. The van der Waals surface area contributed by atoms with Gasteiger partial charge in [0.2, 0.25) is 0 Å². The fourth-order valence-electron chi connectivity index (χ4n) is 4.62. The van der Waals surface area contributed by atoms with Crippen LogP contribution in [0.1, 0.15) is 24.6 Å². The lowest BCUT2D eigenvalue weighted by atomic mass is 9.77. The molecule has 26 heavy (non-hydrogen) atoms. The zero-order chi connectivity index (χ0) is 17.5. The quantitative estimate of drug-likeness (QED) is 0.752. The number of furan rings is 1. The molecule has 2 N–H and O–H groups in total. The van der Waals surface area contributed by atoms with Crippen LogP contribution in [0.25, 0.3) is 11.5 Å². The van der Waals surface area contributed by atoms with Gasteiger partial charge in [0.05, 0.1) is 18.7 Å². The van der Waals surface area contributed by atoms with E-state index < -0.39 is 0 Å². The van der Waals surface area contributed by atoms with Crippen LogP contribution in [0, 0.1) is 11.8 Å². The lowest BCUT2D eigenvalue weighted by Crippen LogP contribution is -2.36. The van der Waals surface area contributed by atoms with Gasteiger partial charge in [-0.3, -0.25) is 14.7 Å². The SMILES string of the molecule is O[C@@H]1C[C@H]2CN(Cc3ccc(-c4ccn[nH]4)o3)C[C@H]2C[C@H]1n1cccn1. The van der Waals surface area contributed by atoms with Gasteiger partial charge in [-0.05, 0) is 48.9 Å². The summed E-state index contributed by atoms with van der Waals surface area (Å²) in [7, 11) is 0. The summed E-state index contributed by atoms with van der Waals surface area (Å²) in [6, 6.07) is 7.96. The molecule has 7 heteroatoms. The Morgan fingerprint density at radius 3 is 2.81 bits per heavy atom. The Morgan fingerprint density at radius 1 is 1.15 bits per heavy atom. The largest absolute Gasteiger partial charge is 0.458 e. The molecule has 136 valence electrons. The molecular formula is C19H23N5O2. The molecule has 3 aromatic rings. The first-order valence-corrected chi connectivity index (χ1v) is 9.24. The summed E-state index contributed by atoms with van der Waals surface area (Å²) in [5.41, 5.74) is 0.900. The Morgan fingerprint density at radius 2 is 2.04 bits per heavy atom. The molecule has 0 aromatic carbocycles. The van der Waals surface area contributed by atoms with Crippen molar-refractivity contribution in [3.05, 3.63) is 48.6 Å². The second-order valence-electron chi connectivity index (χ2n) is 7.54. The number of aliphatic hydroxyl groups is 1. The molecule has 0 bridgehead atoms. The number of likely N-dealkylation sites (tertiary alicyclic amines) is 1. The van der Waals surface area contributed by atoms with Crippen molar-refractivity contribution in [2.45, 2.75) is 31.5 Å². The van der Waals surface area contributed by atoms with Crippen LogP contribution >= 0.6 is 0 Å². The average molecular weight is 353 g/mol. The highest BCUT2D eigenvalue weighted by Gasteiger charge is 2.42. The van der Waals surface area contributed by atoms with Gasteiger partial charge in [0.1, 0.15) is 11.5 Å². The first-order chi connectivity index (χ1) is 12.8. The lowest BCUT2D eigenvalue weighted by Gasteiger charge is -2.35. The minimum atomic E-state index is -0.313. The Balaban J connectivity index is 1.25. The van der Waals surface area contributed by atoms with Crippen LogP contribution in [0.5, 0.6) is 0 Å². The van der Waals surface area contributed by atoms with E-state index in [1.807, 2.05) is 35.1 Å². The van der Waals surface area contributed by atoms with Crippen LogP contribution < -0.4 is 0 Å². The fraction of sp³-hybridized carbons (Fsp3) is 0.474. The topological polar surface area (TPSA) is 83.1 Å². The van der Waals surface area contributed by atoms with E-state index in [0.717, 1.165) is 49.7 Å². The van der Waals surface area contributed by atoms with Crippen LogP contribution in [-0.2, 0) is 6.54 Å². The normalized spacial score (nSPS) is 29.1. The van der Waals surface area contributed by atoms with E-state index in [9.17, 15) is 5.11 Å². The number of aromatic amines is 1. The molecule has 4 heterocycles. The Kier molecular flexibility index (Phi) is 3.90. The van der Waals surface area contributed by atoms with Crippen molar-refractivity contribution in [1.29, 1.82) is 0 Å². The Hall–Kier alpha value is -2.38. The lowest BCUT2D eigenvalue weighted by molar-refractivity contribution is 0.0306. The summed E-state index contributed by atoms with van der Waals surface area (Å²) < 4.78 is 7.89. The van der Waals surface area contributed by atoms with Crippen molar-refractivity contribution in [2.24, 2.45) is 11.8 Å². The molecule has 3 aromatic heterocycles. The number of nitrogens with one attached hydrogen (secondary N) is 1. The predicted molar refractivity (Wildman–Crippen MR) is 95.1 cm³/mol. The van der Waals surface area contributed by atoms with Crippen molar-refractivity contribution >= 4 is 0 Å². The third-order valence-corrected chi connectivity index (χ3v) is 5.86. The highest BCUT2D eigenvalue weighted by Crippen LogP contribution is 2.41. The molecule has 5 rings (SSSR count). The van der Waals surface area contributed by atoms with E-state index in [4.69, 9.17) is 4.42 Å². The molecule has 0 unspecified atom stereocenters. The summed E-state index contributed by atoms with van der Waals surface area (Å²) in [5, 5.41) is 21.8. The molecule has 1 saturated carbocycles.